The normalized spacial score (nSPS) is 11.0. The van der Waals surface area contributed by atoms with Gasteiger partial charge in [-0.15, -0.1) is 0 Å². The molecule has 0 radical (unpaired) electrons. The molecule has 1 aromatic carbocycles. The van der Waals surface area contributed by atoms with Crippen molar-refractivity contribution in [1.29, 1.82) is 5.26 Å². The van der Waals surface area contributed by atoms with Crippen molar-refractivity contribution in [3.05, 3.63) is 89.5 Å². The number of anilines is 3. The number of aromatic nitrogens is 3. The van der Waals surface area contributed by atoms with Gasteiger partial charge in [0.2, 0.25) is 0 Å². The van der Waals surface area contributed by atoms with Crippen molar-refractivity contribution >= 4 is 38.9 Å². The number of benzene rings is 1. The molecule has 4 aromatic rings. The highest BCUT2D eigenvalue weighted by Crippen LogP contribution is 2.30. The van der Waals surface area contributed by atoms with Crippen LogP contribution in [0.25, 0.3) is 11.1 Å². The van der Waals surface area contributed by atoms with E-state index < -0.39 is 26.6 Å². The summed E-state index contributed by atoms with van der Waals surface area (Å²) in [7, 11) is -4.41. The van der Waals surface area contributed by atoms with Crippen LogP contribution in [0.15, 0.2) is 72.0 Å². The maximum Gasteiger partial charge on any atom is 0.264 e. The number of halogens is 3. The van der Waals surface area contributed by atoms with Gasteiger partial charge in [0.05, 0.1) is 11.3 Å². The standard InChI is InChI=1S/C22H13ClF2N6O2S/c23-22-18(31-34(32,33)19-3-2-16(24)9-17(19)25)7-15(12-29-22)14-5-6-27-21(8-14)30-20-4-1-13(10-26)11-28-20/h1-9,11-12,31H,(H,27,28,30). The zero-order valence-electron chi connectivity index (χ0n) is 17.0. The topological polar surface area (TPSA) is 121 Å². The molecule has 0 saturated carbocycles. The van der Waals surface area contributed by atoms with Gasteiger partial charge in [-0.25, -0.2) is 32.2 Å². The third-order valence-electron chi connectivity index (χ3n) is 4.51. The number of nitrogens with one attached hydrogen (secondary N) is 2. The second-order valence-electron chi connectivity index (χ2n) is 6.84. The fourth-order valence-corrected chi connectivity index (χ4v) is 4.24. The first-order valence-electron chi connectivity index (χ1n) is 9.48. The monoisotopic (exact) mass is 498 g/mol. The van der Waals surface area contributed by atoms with Crippen molar-refractivity contribution < 1.29 is 17.2 Å². The second kappa shape index (κ2) is 9.38. The van der Waals surface area contributed by atoms with Crippen LogP contribution in [0.4, 0.5) is 26.1 Å². The summed E-state index contributed by atoms with van der Waals surface area (Å²) in [5.41, 5.74) is 1.42. The van der Waals surface area contributed by atoms with E-state index in [2.05, 4.69) is 25.0 Å². The van der Waals surface area contributed by atoms with Gasteiger partial charge in [-0.1, -0.05) is 11.6 Å². The van der Waals surface area contributed by atoms with Gasteiger partial charge in [-0.2, -0.15) is 5.26 Å². The fourth-order valence-electron chi connectivity index (χ4n) is 2.91. The van der Waals surface area contributed by atoms with Gasteiger partial charge in [0.15, 0.2) is 5.15 Å². The molecule has 0 unspecified atom stereocenters. The third kappa shape index (κ3) is 5.09. The molecule has 170 valence electrons. The summed E-state index contributed by atoms with van der Waals surface area (Å²) in [4.78, 5) is 11.6. The van der Waals surface area contributed by atoms with E-state index in [-0.39, 0.29) is 10.8 Å². The Morgan fingerprint density at radius 2 is 1.74 bits per heavy atom. The maximum atomic E-state index is 14.0. The Labute approximate surface area is 198 Å². The van der Waals surface area contributed by atoms with Crippen molar-refractivity contribution in [3.63, 3.8) is 0 Å². The van der Waals surface area contributed by atoms with Gasteiger partial charge in [0.25, 0.3) is 10.0 Å². The Balaban J connectivity index is 1.62. The van der Waals surface area contributed by atoms with Gasteiger partial charge in [0.1, 0.15) is 34.2 Å². The molecule has 3 heterocycles. The van der Waals surface area contributed by atoms with E-state index in [0.29, 0.717) is 34.4 Å². The van der Waals surface area contributed by atoms with E-state index >= 15 is 0 Å². The molecular formula is C22H13ClF2N6O2S. The molecule has 0 aliphatic carbocycles. The fraction of sp³-hybridized carbons (Fsp3) is 0. The van der Waals surface area contributed by atoms with E-state index in [4.69, 9.17) is 16.9 Å². The molecule has 0 aliphatic heterocycles. The number of nitrogens with zero attached hydrogens (tertiary/aromatic N) is 4. The molecular weight excluding hydrogens is 486 g/mol. The largest absolute Gasteiger partial charge is 0.325 e. The van der Waals surface area contributed by atoms with Crippen molar-refractivity contribution in [3.8, 4) is 17.2 Å². The first-order valence-corrected chi connectivity index (χ1v) is 11.3. The SMILES string of the molecule is N#Cc1ccc(Nc2cc(-c3cnc(Cl)c(NS(=O)(=O)c4ccc(F)cc4F)c3)ccn2)nc1. The van der Waals surface area contributed by atoms with E-state index in [1.165, 1.54) is 24.7 Å². The average Bonchev–Trinajstić information content (AvgIpc) is 2.81. The molecule has 0 amide bonds. The van der Waals surface area contributed by atoms with Crippen LogP contribution < -0.4 is 10.0 Å². The Morgan fingerprint density at radius 1 is 0.912 bits per heavy atom. The molecule has 2 N–H and O–H groups in total. The van der Waals surface area contributed by atoms with Crippen molar-refractivity contribution in [2.24, 2.45) is 0 Å². The summed E-state index contributed by atoms with van der Waals surface area (Å²) in [5, 5.41) is 11.7. The van der Waals surface area contributed by atoms with Crippen LogP contribution >= 0.6 is 11.6 Å². The lowest BCUT2D eigenvalue weighted by atomic mass is 10.1. The number of sulfonamides is 1. The zero-order chi connectivity index (χ0) is 24.3. The summed E-state index contributed by atoms with van der Waals surface area (Å²) < 4.78 is 54.6. The number of pyridine rings is 3. The summed E-state index contributed by atoms with van der Waals surface area (Å²) >= 11 is 6.06. The van der Waals surface area contributed by atoms with Crippen LogP contribution in [0.2, 0.25) is 5.15 Å². The Bertz CT molecular complexity index is 1530. The predicted molar refractivity (Wildman–Crippen MR) is 122 cm³/mol. The summed E-state index contributed by atoms with van der Waals surface area (Å²) in [5.74, 6) is -1.25. The minimum Gasteiger partial charge on any atom is -0.325 e. The smallest absolute Gasteiger partial charge is 0.264 e. The quantitative estimate of drug-likeness (QED) is 0.363. The summed E-state index contributed by atoms with van der Waals surface area (Å²) in [6.07, 6.45) is 4.36. The van der Waals surface area contributed by atoms with Gasteiger partial charge >= 0.3 is 0 Å². The molecule has 0 atom stereocenters. The second-order valence-corrected chi connectivity index (χ2v) is 8.85. The molecule has 8 nitrogen and oxygen atoms in total. The minimum atomic E-state index is -4.41. The number of hydrogen-bond donors (Lipinski definition) is 2. The lowest BCUT2D eigenvalue weighted by Gasteiger charge is -2.12. The first kappa shape index (κ1) is 23.0. The first-order chi connectivity index (χ1) is 16.2. The van der Waals surface area contributed by atoms with Gasteiger partial charge < -0.3 is 5.32 Å². The minimum absolute atomic E-state index is 0.0945. The number of rotatable bonds is 6. The Hall–Kier alpha value is -4.14. The molecule has 0 aliphatic rings. The molecule has 34 heavy (non-hydrogen) atoms. The summed E-state index contributed by atoms with van der Waals surface area (Å²) in [6, 6.07) is 12.1. The molecule has 0 fully saturated rings. The van der Waals surface area contributed by atoms with Crippen LogP contribution in [0.3, 0.4) is 0 Å². The van der Waals surface area contributed by atoms with Crippen LogP contribution in [-0.4, -0.2) is 23.4 Å². The van der Waals surface area contributed by atoms with Gasteiger partial charge in [0, 0.05) is 30.2 Å². The van der Waals surface area contributed by atoms with E-state index in [1.807, 2.05) is 6.07 Å². The van der Waals surface area contributed by atoms with E-state index in [9.17, 15) is 17.2 Å². The highest BCUT2D eigenvalue weighted by Gasteiger charge is 2.21. The van der Waals surface area contributed by atoms with Gasteiger partial charge in [-0.3, -0.25) is 4.72 Å². The molecule has 0 spiro atoms. The molecule has 0 bridgehead atoms. The van der Waals surface area contributed by atoms with Crippen molar-refractivity contribution in [1.82, 2.24) is 15.0 Å². The average molecular weight is 499 g/mol. The van der Waals surface area contributed by atoms with Gasteiger partial charge in [-0.05, 0) is 48.0 Å². The lowest BCUT2D eigenvalue weighted by molar-refractivity contribution is 0.551. The Kier molecular flexibility index (Phi) is 6.36. The third-order valence-corrected chi connectivity index (χ3v) is 6.21. The zero-order valence-corrected chi connectivity index (χ0v) is 18.6. The van der Waals surface area contributed by atoms with Crippen LogP contribution in [0.1, 0.15) is 5.56 Å². The van der Waals surface area contributed by atoms with Crippen LogP contribution in [0.5, 0.6) is 0 Å². The highest BCUT2D eigenvalue weighted by atomic mass is 35.5. The Morgan fingerprint density at radius 3 is 2.44 bits per heavy atom. The molecule has 12 heteroatoms. The van der Waals surface area contributed by atoms with Crippen LogP contribution in [-0.2, 0) is 10.0 Å². The van der Waals surface area contributed by atoms with Crippen molar-refractivity contribution in [2.45, 2.75) is 4.90 Å². The lowest BCUT2D eigenvalue weighted by Crippen LogP contribution is -2.15. The molecule has 3 aromatic heterocycles. The van der Waals surface area contributed by atoms with E-state index in [1.54, 1.807) is 24.3 Å². The number of nitriles is 1. The van der Waals surface area contributed by atoms with Crippen molar-refractivity contribution in [2.75, 3.05) is 10.0 Å². The predicted octanol–water partition coefficient (Wildman–Crippen LogP) is 4.89. The highest BCUT2D eigenvalue weighted by molar-refractivity contribution is 7.92. The molecule has 0 saturated heterocycles. The maximum absolute atomic E-state index is 14.0. The number of hydrogen-bond acceptors (Lipinski definition) is 7. The van der Waals surface area contributed by atoms with Crippen LogP contribution in [0, 0.1) is 23.0 Å². The summed E-state index contributed by atoms with van der Waals surface area (Å²) in [6.45, 7) is 0. The van der Waals surface area contributed by atoms with E-state index in [0.717, 1.165) is 12.1 Å². The molecule has 4 rings (SSSR count).